The summed E-state index contributed by atoms with van der Waals surface area (Å²) in [6, 6.07) is 13.4. The first-order valence-corrected chi connectivity index (χ1v) is 9.89. The van der Waals surface area contributed by atoms with Crippen molar-refractivity contribution in [2.45, 2.75) is 25.8 Å². The summed E-state index contributed by atoms with van der Waals surface area (Å²) < 4.78 is 13.0. The number of nitrogens with zero attached hydrogens (tertiary/aromatic N) is 3. The Bertz CT molecular complexity index is 737. The largest absolute Gasteiger partial charge is 0.387 e. The smallest absolute Gasteiger partial charge is 0.248 e. The lowest BCUT2D eigenvalue weighted by Gasteiger charge is -2.34. The van der Waals surface area contributed by atoms with E-state index < -0.39 is 12.4 Å². The van der Waals surface area contributed by atoms with Crippen molar-refractivity contribution in [1.29, 1.82) is 0 Å². The Hall–Kier alpha value is -2.02. The lowest BCUT2D eigenvalue weighted by atomic mass is 9.95. The highest BCUT2D eigenvalue weighted by molar-refractivity contribution is 5.85. The summed E-state index contributed by atoms with van der Waals surface area (Å²) in [5.41, 5.74) is 1.99. The quantitative estimate of drug-likeness (QED) is 0.712. The van der Waals surface area contributed by atoms with Crippen LogP contribution in [-0.4, -0.2) is 58.6 Å². The average molecular weight is 422 g/mol. The summed E-state index contributed by atoms with van der Waals surface area (Å²) in [4.78, 5) is 20.3. The number of aliphatic hydroxyl groups is 1. The van der Waals surface area contributed by atoms with E-state index in [1.54, 1.807) is 11.0 Å². The molecule has 0 unspecified atom stereocenters. The third-order valence-electron chi connectivity index (χ3n) is 5.37. The van der Waals surface area contributed by atoms with Gasteiger partial charge >= 0.3 is 0 Å². The van der Waals surface area contributed by atoms with Crippen molar-refractivity contribution in [3.63, 3.8) is 0 Å². The van der Waals surface area contributed by atoms with E-state index in [9.17, 15) is 14.3 Å². The highest BCUT2D eigenvalue weighted by Gasteiger charge is 2.23. The molecular weight excluding hydrogens is 393 g/mol. The molecule has 5 nitrogen and oxygen atoms in total. The van der Waals surface area contributed by atoms with E-state index in [-0.39, 0.29) is 18.3 Å². The summed E-state index contributed by atoms with van der Waals surface area (Å²) >= 11 is 0. The Morgan fingerprint density at radius 3 is 2.52 bits per heavy atom. The fraction of sp³-hybridized carbons (Fsp3) is 0.455. The van der Waals surface area contributed by atoms with Gasteiger partial charge in [-0.15, -0.1) is 12.4 Å². The third-order valence-corrected chi connectivity index (χ3v) is 5.37. The zero-order chi connectivity index (χ0) is 19.8. The summed E-state index contributed by atoms with van der Waals surface area (Å²) in [5.74, 6) is -0.298. The molecule has 0 atom stereocenters. The van der Waals surface area contributed by atoms with E-state index in [1.807, 2.05) is 6.07 Å². The van der Waals surface area contributed by atoms with Crippen molar-refractivity contribution >= 4 is 18.3 Å². The van der Waals surface area contributed by atoms with Gasteiger partial charge in [-0.25, -0.2) is 4.39 Å². The highest BCUT2D eigenvalue weighted by Crippen LogP contribution is 2.20. The van der Waals surface area contributed by atoms with Crippen LogP contribution in [0.2, 0.25) is 0 Å². The molecule has 0 aliphatic carbocycles. The van der Waals surface area contributed by atoms with Gasteiger partial charge in [-0.1, -0.05) is 30.3 Å². The molecule has 1 aliphatic rings. The minimum atomic E-state index is -0.517. The van der Waals surface area contributed by atoms with E-state index in [0.29, 0.717) is 24.7 Å². The Labute approximate surface area is 178 Å². The van der Waals surface area contributed by atoms with Crippen LogP contribution < -0.4 is 0 Å². The van der Waals surface area contributed by atoms with Gasteiger partial charge in [-0.05, 0) is 56.0 Å². The first-order valence-electron chi connectivity index (χ1n) is 9.89. The second-order valence-corrected chi connectivity index (χ2v) is 7.42. The van der Waals surface area contributed by atoms with Gasteiger partial charge in [0, 0.05) is 13.1 Å². The Balaban J connectivity index is 0.00000300. The van der Waals surface area contributed by atoms with Crippen LogP contribution >= 0.6 is 12.4 Å². The van der Waals surface area contributed by atoms with Crippen LogP contribution in [-0.2, 0) is 17.8 Å². The molecule has 1 N–H and O–H groups in total. The van der Waals surface area contributed by atoms with Crippen LogP contribution in [0.15, 0.2) is 48.7 Å². The van der Waals surface area contributed by atoms with Crippen LogP contribution in [0.1, 0.15) is 24.1 Å². The lowest BCUT2D eigenvalue weighted by Crippen LogP contribution is -2.42. The molecule has 1 aromatic carbocycles. The van der Waals surface area contributed by atoms with Crippen molar-refractivity contribution in [2.24, 2.45) is 5.92 Å². The number of piperidine rings is 1. The van der Waals surface area contributed by atoms with Crippen LogP contribution in [0.25, 0.3) is 0 Å². The number of pyridine rings is 1. The summed E-state index contributed by atoms with van der Waals surface area (Å²) in [7, 11) is 0. The molecule has 0 spiro atoms. The van der Waals surface area contributed by atoms with Crippen molar-refractivity contribution in [3.8, 4) is 0 Å². The van der Waals surface area contributed by atoms with Crippen molar-refractivity contribution in [2.75, 3.05) is 32.8 Å². The van der Waals surface area contributed by atoms with Gasteiger partial charge < -0.3 is 14.9 Å². The van der Waals surface area contributed by atoms with E-state index in [1.165, 1.54) is 11.6 Å². The van der Waals surface area contributed by atoms with Crippen molar-refractivity contribution in [1.82, 2.24) is 14.8 Å². The maximum absolute atomic E-state index is 13.0. The predicted molar refractivity (Wildman–Crippen MR) is 113 cm³/mol. The summed E-state index contributed by atoms with van der Waals surface area (Å²) in [5, 5.41) is 9.30. The molecule has 0 radical (unpaired) electrons. The standard InChI is InChI=1S/C22H28FN3O2.ClH/c23-20-6-7-21(24-14-20)16-26(22(28)17-27)15-19-9-12-25(13-10-19)11-8-18-4-2-1-3-5-18;/h1-7,14,19,27H,8-13,15-17H2;1H. The van der Waals surface area contributed by atoms with E-state index in [0.717, 1.165) is 45.1 Å². The van der Waals surface area contributed by atoms with Gasteiger partial charge in [0.05, 0.1) is 18.4 Å². The van der Waals surface area contributed by atoms with E-state index in [2.05, 4.69) is 34.1 Å². The number of likely N-dealkylation sites (tertiary alicyclic amines) is 1. The minimum Gasteiger partial charge on any atom is -0.387 e. The molecule has 1 aliphatic heterocycles. The molecule has 1 amide bonds. The first-order chi connectivity index (χ1) is 13.6. The summed E-state index contributed by atoms with van der Waals surface area (Å²) in [6.45, 7) is 3.48. The Kier molecular flexibility index (Phi) is 9.51. The maximum atomic E-state index is 13.0. The molecule has 158 valence electrons. The highest BCUT2D eigenvalue weighted by atomic mass is 35.5. The number of amides is 1. The summed E-state index contributed by atoms with van der Waals surface area (Å²) in [6.07, 6.45) is 4.26. The van der Waals surface area contributed by atoms with E-state index in [4.69, 9.17) is 0 Å². The number of hydrogen-bond donors (Lipinski definition) is 1. The number of aliphatic hydroxyl groups excluding tert-OH is 1. The third kappa shape index (κ3) is 7.38. The number of hydrogen-bond acceptors (Lipinski definition) is 4. The Morgan fingerprint density at radius 1 is 1.17 bits per heavy atom. The van der Waals surface area contributed by atoms with E-state index >= 15 is 0 Å². The number of carbonyl (C=O) groups is 1. The number of benzene rings is 1. The molecular formula is C22H29ClFN3O2. The zero-order valence-corrected chi connectivity index (χ0v) is 17.4. The van der Waals surface area contributed by atoms with Crippen LogP contribution in [0.4, 0.5) is 4.39 Å². The van der Waals surface area contributed by atoms with Crippen molar-refractivity contribution < 1.29 is 14.3 Å². The van der Waals surface area contributed by atoms with Crippen molar-refractivity contribution in [3.05, 3.63) is 65.7 Å². The zero-order valence-electron chi connectivity index (χ0n) is 16.5. The predicted octanol–water partition coefficient (Wildman–Crippen LogP) is 2.92. The monoisotopic (exact) mass is 421 g/mol. The van der Waals surface area contributed by atoms with Gasteiger partial charge in [-0.3, -0.25) is 9.78 Å². The SMILES string of the molecule is Cl.O=C(CO)N(Cc1ccc(F)cn1)CC1CCN(CCc2ccccc2)CC1. The fourth-order valence-corrected chi connectivity index (χ4v) is 3.69. The van der Waals surface area contributed by atoms with Gasteiger partial charge in [0.25, 0.3) is 0 Å². The molecule has 1 saturated heterocycles. The number of rotatable bonds is 8. The minimum absolute atomic E-state index is 0. The molecule has 1 aromatic heterocycles. The molecule has 29 heavy (non-hydrogen) atoms. The number of carbonyl (C=O) groups excluding carboxylic acids is 1. The van der Waals surface area contributed by atoms with Crippen LogP contribution in [0.5, 0.6) is 0 Å². The average Bonchev–Trinajstić information content (AvgIpc) is 2.74. The molecule has 1 fully saturated rings. The second kappa shape index (κ2) is 11.9. The normalized spacial score (nSPS) is 15.0. The number of aromatic nitrogens is 1. The van der Waals surface area contributed by atoms with Crippen LogP contribution in [0.3, 0.4) is 0 Å². The van der Waals surface area contributed by atoms with Gasteiger partial charge in [0.15, 0.2) is 0 Å². The first kappa shape index (κ1) is 23.3. The molecule has 3 rings (SSSR count). The lowest BCUT2D eigenvalue weighted by molar-refractivity contribution is -0.135. The molecule has 0 bridgehead atoms. The topological polar surface area (TPSA) is 56.7 Å². The maximum Gasteiger partial charge on any atom is 0.248 e. The molecule has 0 saturated carbocycles. The number of halogens is 2. The molecule has 7 heteroatoms. The van der Waals surface area contributed by atoms with Gasteiger partial charge in [0.1, 0.15) is 12.4 Å². The van der Waals surface area contributed by atoms with Crippen LogP contribution in [0, 0.1) is 11.7 Å². The second-order valence-electron chi connectivity index (χ2n) is 7.42. The molecule has 2 aromatic rings. The molecule has 2 heterocycles. The Morgan fingerprint density at radius 2 is 1.90 bits per heavy atom. The fourth-order valence-electron chi connectivity index (χ4n) is 3.69. The van der Waals surface area contributed by atoms with Gasteiger partial charge in [-0.2, -0.15) is 0 Å². The van der Waals surface area contributed by atoms with Gasteiger partial charge in [0.2, 0.25) is 5.91 Å².